The fourth-order valence-electron chi connectivity index (χ4n) is 3.12. The number of rotatable bonds is 5. The Morgan fingerprint density at radius 3 is 2.56 bits per heavy atom. The number of nitrogen functional groups attached to an aromatic ring is 1. The first-order valence-electron chi connectivity index (χ1n) is 8.79. The van der Waals surface area contributed by atoms with Gasteiger partial charge in [-0.05, 0) is 31.9 Å². The van der Waals surface area contributed by atoms with Crippen molar-refractivity contribution in [1.82, 2.24) is 14.8 Å². The summed E-state index contributed by atoms with van der Waals surface area (Å²) in [5.41, 5.74) is 8.70. The maximum atomic E-state index is 12.4. The van der Waals surface area contributed by atoms with Gasteiger partial charge in [-0.1, -0.05) is 18.2 Å². The van der Waals surface area contributed by atoms with Crippen LogP contribution in [0.2, 0.25) is 0 Å². The number of amides is 1. The summed E-state index contributed by atoms with van der Waals surface area (Å²) in [6, 6.07) is 7.74. The smallest absolute Gasteiger partial charge is 0.222 e. The van der Waals surface area contributed by atoms with Crippen LogP contribution in [0, 0.1) is 13.8 Å². The fourth-order valence-corrected chi connectivity index (χ4v) is 3.12. The summed E-state index contributed by atoms with van der Waals surface area (Å²) in [6.07, 6.45) is 1.20. The molecule has 2 N–H and O–H groups in total. The minimum Gasteiger partial charge on any atom is -0.444 e. The summed E-state index contributed by atoms with van der Waals surface area (Å²) in [4.78, 5) is 21.1. The summed E-state index contributed by atoms with van der Waals surface area (Å²) in [7, 11) is 0. The maximum Gasteiger partial charge on any atom is 0.222 e. The van der Waals surface area contributed by atoms with Gasteiger partial charge >= 0.3 is 0 Å². The number of hydrogen-bond acceptors (Lipinski definition) is 5. The van der Waals surface area contributed by atoms with E-state index >= 15 is 0 Å². The minimum atomic E-state index is 0.200. The van der Waals surface area contributed by atoms with Crippen LogP contribution in [0.4, 0.5) is 5.69 Å². The molecule has 6 heteroatoms. The van der Waals surface area contributed by atoms with E-state index in [0.717, 1.165) is 54.8 Å². The number of aryl methyl sites for hydroxylation is 3. The Morgan fingerprint density at radius 1 is 1.20 bits per heavy atom. The Kier molecular flexibility index (Phi) is 5.38. The molecule has 0 spiro atoms. The summed E-state index contributed by atoms with van der Waals surface area (Å²) >= 11 is 0. The average molecular weight is 342 g/mol. The monoisotopic (exact) mass is 342 g/mol. The number of oxazole rings is 1. The third kappa shape index (κ3) is 4.39. The van der Waals surface area contributed by atoms with E-state index in [1.807, 2.05) is 43.0 Å². The van der Waals surface area contributed by atoms with E-state index in [0.29, 0.717) is 19.4 Å². The molecule has 1 aliphatic heterocycles. The van der Waals surface area contributed by atoms with E-state index in [1.165, 1.54) is 0 Å². The highest BCUT2D eigenvalue weighted by atomic mass is 16.4. The molecule has 1 amide bonds. The van der Waals surface area contributed by atoms with Crippen molar-refractivity contribution in [2.45, 2.75) is 33.2 Å². The second kappa shape index (κ2) is 7.70. The highest BCUT2D eigenvalue weighted by Crippen LogP contribution is 2.15. The van der Waals surface area contributed by atoms with E-state index in [1.54, 1.807) is 0 Å². The molecule has 25 heavy (non-hydrogen) atoms. The number of nitrogens with two attached hydrogens (primary N) is 1. The van der Waals surface area contributed by atoms with Crippen molar-refractivity contribution in [2.75, 3.05) is 31.9 Å². The van der Waals surface area contributed by atoms with Crippen LogP contribution in [0.25, 0.3) is 0 Å². The topological polar surface area (TPSA) is 75.6 Å². The predicted octanol–water partition coefficient (Wildman–Crippen LogP) is 2.15. The molecule has 0 radical (unpaired) electrons. The molecule has 6 nitrogen and oxygen atoms in total. The molecule has 0 saturated carbocycles. The van der Waals surface area contributed by atoms with Gasteiger partial charge < -0.3 is 15.1 Å². The van der Waals surface area contributed by atoms with Crippen LogP contribution >= 0.6 is 0 Å². The van der Waals surface area contributed by atoms with E-state index < -0.39 is 0 Å². The van der Waals surface area contributed by atoms with Gasteiger partial charge in [0.25, 0.3) is 0 Å². The van der Waals surface area contributed by atoms with E-state index in [2.05, 4.69) is 9.88 Å². The largest absolute Gasteiger partial charge is 0.444 e. The molecule has 1 aliphatic rings. The Morgan fingerprint density at radius 2 is 1.92 bits per heavy atom. The van der Waals surface area contributed by atoms with Crippen LogP contribution in [0.1, 0.15) is 29.3 Å². The number of benzene rings is 1. The molecule has 0 aliphatic carbocycles. The molecule has 2 aromatic rings. The van der Waals surface area contributed by atoms with Crippen LogP contribution in [0.5, 0.6) is 0 Å². The van der Waals surface area contributed by atoms with E-state index in [-0.39, 0.29) is 5.91 Å². The van der Waals surface area contributed by atoms with Gasteiger partial charge in [-0.25, -0.2) is 4.98 Å². The van der Waals surface area contributed by atoms with E-state index in [9.17, 15) is 4.79 Å². The average Bonchev–Trinajstić information content (AvgIpc) is 2.92. The lowest BCUT2D eigenvalue weighted by atomic mass is 10.1. The van der Waals surface area contributed by atoms with E-state index in [4.69, 9.17) is 10.2 Å². The van der Waals surface area contributed by atoms with Crippen molar-refractivity contribution < 1.29 is 9.21 Å². The third-order valence-corrected chi connectivity index (χ3v) is 4.82. The number of anilines is 1. The number of aromatic nitrogens is 1. The zero-order chi connectivity index (χ0) is 17.8. The van der Waals surface area contributed by atoms with Crippen molar-refractivity contribution in [3.63, 3.8) is 0 Å². The molecule has 1 fully saturated rings. The first-order chi connectivity index (χ1) is 12.0. The summed E-state index contributed by atoms with van der Waals surface area (Å²) in [6.45, 7) is 7.79. The van der Waals surface area contributed by atoms with Crippen molar-refractivity contribution in [3.8, 4) is 0 Å². The van der Waals surface area contributed by atoms with Crippen LogP contribution in [0.3, 0.4) is 0 Å². The predicted molar refractivity (Wildman–Crippen MR) is 97.0 cm³/mol. The molecule has 1 aromatic heterocycles. The van der Waals surface area contributed by atoms with Gasteiger partial charge in [0, 0.05) is 38.3 Å². The minimum absolute atomic E-state index is 0.200. The molecule has 3 rings (SSSR count). The van der Waals surface area contributed by atoms with Gasteiger partial charge in [0.1, 0.15) is 5.76 Å². The zero-order valence-electron chi connectivity index (χ0n) is 15.0. The number of nitrogens with zero attached hydrogens (tertiary/aromatic N) is 3. The number of carbonyl (C=O) groups is 1. The lowest BCUT2D eigenvalue weighted by Gasteiger charge is -2.34. The fraction of sp³-hybridized carbons (Fsp3) is 0.474. The Balaban J connectivity index is 1.45. The van der Waals surface area contributed by atoms with Crippen molar-refractivity contribution in [1.29, 1.82) is 0 Å². The first-order valence-corrected chi connectivity index (χ1v) is 8.79. The first kappa shape index (κ1) is 17.5. The second-order valence-corrected chi connectivity index (χ2v) is 6.60. The molecule has 1 saturated heterocycles. The molecule has 0 unspecified atom stereocenters. The van der Waals surface area contributed by atoms with Crippen molar-refractivity contribution >= 4 is 11.6 Å². The van der Waals surface area contributed by atoms with Gasteiger partial charge in [-0.15, -0.1) is 0 Å². The normalized spacial score (nSPS) is 15.5. The number of piperazine rings is 1. The Bertz CT molecular complexity index is 713. The van der Waals surface area contributed by atoms with Crippen molar-refractivity contribution in [2.24, 2.45) is 0 Å². The van der Waals surface area contributed by atoms with Gasteiger partial charge in [-0.2, -0.15) is 0 Å². The number of carbonyl (C=O) groups excluding carboxylic acids is 1. The van der Waals surface area contributed by atoms with Crippen LogP contribution in [-0.4, -0.2) is 46.9 Å². The van der Waals surface area contributed by atoms with Crippen LogP contribution in [0.15, 0.2) is 28.7 Å². The maximum absolute atomic E-state index is 12.4. The number of para-hydroxylation sites is 1. The van der Waals surface area contributed by atoms with Gasteiger partial charge in [-0.3, -0.25) is 9.69 Å². The molecule has 134 valence electrons. The summed E-state index contributed by atoms with van der Waals surface area (Å²) < 4.78 is 5.64. The standard InChI is InChI=1S/C19H26N4O2/c1-14-15(2)25-18(21-14)13-22-9-11-23(12-10-22)19(24)8-7-16-5-3-4-6-17(16)20/h3-6H,7-13,20H2,1-2H3. The van der Waals surface area contributed by atoms with Gasteiger partial charge in [0.15, 0.2) is 0 Å². The molecule has 1 aromatic carbocycles. The third-order valence-electron chi connectivity index (χ3n) is 4.82. The lowest BCUT2D eigenvalue weighted by molar-refractivity contribution is -0.133. The molecule has 2 heterocycles. The van der Waals surface area contributed by atoms with Crippen LogP contribution < -0.4 is 5.73 Å². The summed E-state index contributed by atoms with van der Waals surface area (Å²) in [5, 5.41) is 0. The van der Waals surface area contributed by atoms with Crippen LogP contribution in [-0.2, 0) is 17.8 Å². The van der Waals surface area contributed by atoms with Crippen molar-refractivity contribution in [3.05, 3.63) is 47.2 Å². The highest BCUT2D eigenvalue weighted by Gasteiger charge is 2.22. The molecule has 0 bridgehead atoms. The lowest BCUT2D eigenvalue weighted by Crippen LogP contribution is -2.48. The molecular formula is C19H26N4O2. The molecular weight excluding hydrogens is 316 g/mol. The highest BCUT2D eigenvalue weighted by molar-refractivity contribution is 5.76. The molecule has 0 atom stereocenters. The number of hydrogen-bond donors (Lipinski definition) is 1. The quantitative estimate of drug-likeness (QED) is 0.843. The van der Waals surface area contributed by atoms with Gasteiger partial charge in [0.05, 0.1) is 12.2 Å². The SMILES string of the molecule is Cc1nc(CN2CCN(C(=O)CCc3ccccc3N)CC2)oc1C. The van der Waals surface area contributed by atoms with Gasteiger partial charge in [0.2, 0.25) is 11.8 Å². The Labute approximate surface area is 148 Å². The second-order valence-electron chi connectivity index (χ2n) is 6.60. The Hall–Kier alpha value is -2.34. The summed E-state index contributed by atoms with van der Waals surface area (Å²) in [5.74, 6) is 1.84. The zero-order valence-corrected chi connectivity index (χ0v) is 15.0.